The van der Waals surface area contributed by atoms with E-state index in [0.29, 0.717) is 11.4 Å². The van der Waals surface area contributed by atoms with Gasteiger partial charge < -0.3 is 0 Å². The minimum Gasteiger partial charge on any atom is -0.298 e. The monoisotopic (exact) mass is 779 g/mol. The van der Waals surface area contributed by atoms with Crippen LogP contribution in [0.1, 0.15) is 86.1 Å². The molecule has 2 radical (unpaired) electrons. The van der Waals surface area contributed by atoms with Crippen LogP contribution in [0.2, 0.25) is 0 Å². The van der Waals surface area contributed by atoms with Gasteiger partial charge in [0.05, 0.1) is 25.4 Å². The van der Waals surface area contributed by atoms with Crippen LogP contribution in [0.4, 0.5) is 0 Å². The van der Waals surface area contributed by atoms with E-state index in [0.717, 1.165) is 51.1 Å². The zero-order valence-corrected chi connectivity index (χ0v) is 34.7. The zero-order chi connectivity index (χ0) is 34.1. The van der Waals surface area contributed by atoms with Gasteiger partial charge in [-0.1, -0.05) is 126 Å². The largest absolute Gasteiger partial charge is 0.298 e. The number of benzene rings is 2. The molecule has 0 aromatic heterocycles. The smallest absolute Gasteiger partial charge is 0.155 e. The van der Waals surface area contributed by atoms with Crippen molar-refractivity contribution in [2.75, 3.05) is 0 Å². The molecule has 1 aliphatic carbocycles. The SMILES string of the molecule is [C-]#[N+]C(C#N)=[C-]C([N+]#[C-])=C([c-]1c2ccccc2c2ccccc21)C(C)(C)C.[C-]#[N+]C(C)=[C-]C([N+]#[C-])=C([C-]1CCCCC1)C(C)(C)C.[Y].[Y]. The first kappa shape index (κ1) is 42.8. The Bertz CT molecular complexity index is 1880. The molecule has 0 spiro atoms. The van der Waals surface area contributed by atoms with Crippen molar-refractivity contribution in [1.82, 2.24) is 0 Å². The van der Waals surface area contributed by atoms with Crippen molar-refractivity contribution in [2.24, 2.45) is 10.8 Å². The summed E-state index contributed by atoms with van der Waals surface area (Å²) in [5.74, 6) is 1.40. The second kappa shape index (κ2) is 19.1. The molecule has 5 nitrogen and oxygen atoms in total. The average molecular weight is 780 g/mol. The van der Waals surface area contributed by atoms with Crippen LogP contribution in [0.5, 0.6) is 0 Å². The predicted molar refractivity (Wildman–Crippen MR) is 187 cm³/mol. The fourth-order valence-corrected chi connectivity index (χ4v) is 6.10. The number of hydrogen-bond donors (Lipinski definition) is 0. The molecule has 0 atom stereocenters. The summed E-state index contributed by atoms with van der Waals surface area (Å²) >= 11 is 0. The molecule has 0 heterocycles. The number of hydrogen-bond acceptors (Lipinski definition) is 1. The van der Waals surface area contributed by atoms with Gasteiger partial charge in [-0.2, -0.15) is 0 Å². The van der Waals surface area contributed by atoms with Crippen molar-refractivity contribution >= 4 is 27.1 Å². The predicted octanol–water partition coefficient (Wildman–Crippen LogP) is 11.9. The second-order valence-electron chi connectivity index (χ2n) is 13.3. The van der Waals surface area contributed by atoms with Gasteiger partial charge in [0, 0.05) is 65.4 Å². The molecule has 0 amide bonds. The molecule has 0 unspecified atom stereocenters. The maximum Gasteiger partial charge on any atom is 0.155 e. The van der Waals surface area contributed by atoms with Gasteiger partial charge in [0.15, 0.2) is 5.70 Å². The van der Waals surface area contributed by atoms with Gasteiger partial charge in [-0.15, -0.1) is 58.4 Å². The van der Waals surface area contributed by atoms with Crippen LogP contribution in [0, 0.1) is 66.5 Å². The van der Waals surface area contributed by atoms with E-state index in [-0.39, 0.29) is 87.6 Å². The molecule has 1 aliphatic rings. The van der Waals surface area contributed by atoms with Crippen LogP contribution in [0.15, 0.2) is 76.9 Å². The van der Waals surface area contributed by atoms with E-state index < -0.39 is 0 Å². The molecule has 48 heavy (non-hydrogen) atoms. The third kappa shape index (κ3) is 10.4. The molecule has 1 fully saturated rings. The van der Waals surface area contributed by atoms with Crippen molar-refractivity contribution in [1.29, 1.82) is 5.26 Å². The standard InChI is InChI=1S/C24H17N3.C17H22N2.2Y/c1-24(2,3)23(21(27-5)14-16(15-25)26-4)22-19-12-8-6-10-17(19)18-11-7-9-13-20(18)22;1-13(18-5)12-15(19-6)16(17(2,3)4)14-10-8-7-9-11-14;;/h6-13H,1-3H3;7-11H2,1-4H3;;/q2*-2;;. The number of fused-ring (bicyclic) bond motifs is 3. The molecule has 7 heteroatoms. The van der Waals surface area contributed by atoms with Crippen molar-refractivity contribution in [3.05, 3.63) is 146 Å². The number of nitrogens with zero attached hydrogens (tertiary/aromatic N) is 5. The summed E-state index contributed by atoms with van der Waals surface area (Å²) in [5.41, 5.74) is 3.46. The Hall–Kier alpha value is -3.20. The maximum atomic E-state index is 9.14. The topological polar surface area (TPSA) is 41.2 Å². The maximum absolute atomic E-state index is 9.14. The van der Waals surface area contributed by atoms with Gasteiger partial charge in [0.2, 0.25) is 0 Å². The number of nitriles is 1. The zero-order valence-electron chi connectivity index (χ0n) is 29.0. The Balaban J connectivity index is 0.000000489. The van der Waals surface area contributed by atoms with Gasteiger partial charge in [-0.05, 0) is 5.70 Å². The van der Waals surface area contributed by atoms with Crippen molar-refractivity contribution < 1.29 is 65.4 Å². The first-order chi connectivity index (χ1) is 21.8. The van der Waals surface area contributed by atoms with Crippen molar-refractivity contribution in [3.8, 4) is 6.07 Å². The quantitative estimate of drug-likeness (QED) is 0.148. The van der Waals surface area contributed by atoms with E-state index in [1.54, 1.807) is 6.92 Å². The number of allylic oxidation sites excluding steroid dienone is 6. The van der Waals surface area contributed by atoms with E-state index in [2.05, 4.69) is 76.6 Å². The van der Waals surface area contributed by atoms with Gasteiger partial charge in [-0.3, -0.25) is 37.4 Å². The first-order valence-corrected chi connectivity index (χ1v) is 15.4. The average Bonchev–Trinajstić information content (AvgIpc) is 3.36. The molecule has 0 saturated heterocycles. The summed E-state index contributed by atoms with van der Waals surface area (Å²) in [6.07, 6.45) is 11.6. The van der Waals surface area contributed by atoms with E-state index in [9.17, 15) is 0 Å². The fraction of sp³-hybridized carbons (Fsp3) is 0.341. The van der Waals surface area contributed by atoms with Crippen LogP contribution in [0.25, 0.3) is 46.5 Å². The molecule has 238 valence electrons. The summed E-state index contributed by atoms with van der Waals surface area (Å²) in [5, 5.41) is 13.5. The summed E-state index contributed by atoms with van der Waals surface area (Å²) in [4.78, 5) is 13.9. The third-order valence-corrected chi connectivity index (χ3v) is 7.86. The molecule has 1 saturated carbocycles. The molecule has 3 aromatic carbocycles. The molecule has 4 rings (SSSR count). The normalized spacial score (nSPS) is 14.6. The van der Waals surface area contributed by atoms with E-state index >= 15 is 0 Å². The molecular weight excluding hydrogens is 740 g/mol. The Morgan fingerprint density at radius 3 is 1.54 bits per heavy atom. The Morgan fingerprint density at radius 2 is 1.15 bits per heavy atom. The van der Waals surface area contributed by atoms with Crippen LogP contribution < -0.4 is 0 Å². The van der Waals surface area contributed by atoms with Gasteiger partial charge in [-0.25, -0.2) is 4.85 Å². The van der Waals surface area contributed by atoms with E-state index in [1.165, 1.54) is 25.2 Å². The van der Waals surface area contributed by atoms with Crippen LogP contribution in [-0.2, 0) is 65.4 Å². The van der Waals surface area contributed by atoms with Crippen LogP contribution in [-0.4, -0.2) is 0 Å². The second-order valence-corrected chi connectivity index (χ2v) is 13.3. The molecule has 0 N–H and O–H groups in total. The summed E-state index contributed by atoms with van der Waals surface area (Å²) in [6, 6.07) is 18.1. The molecular formula is C41H39N5Y2-4. The molecule has 3 aromatic rings. The minimum atomic E-state index is -0.380. The Morgan fingerprint density at radius 1 is 0.688 bits per heavy atom. The fourth-order valence-electron chi connectivity index (χ4n) is 6.10. The van der Waals surface area contributed by atoms with Gasteiger partial charge >= 0.3 is 0 Å². The summed E-state index contributed by atoms with van der Waals surface area (Å²) < 4.78 is 0. The Kier molecular flexibility index (Phi) is 17.0. The van der Waals surface area contributed by atoms with Gasteiger partial charge in [0.1, 0.15) is 12.3 Å². The summed E-state index contributed by atoms with van der Waals surface area (Å²) in [6.45, 7) is 43.5. The summed E-state index contributed by atoms with van der Waals surface area (Å²) in [7, 11) is 0. The minimum absolute atomic E-state index is 0. The Labute approximate surface area is 338 Å². The van der Waals surface area contributed by atoms with Crippen LogP contribution in [0.3, 0.4) is 0 Å². The third-order valence-electron chi connectivity index (χ3n) is 7.86. The van der Waals surface area contributed by atoms with Gasteiger partial charge in [0.25, 0.3) is 0 Å². The van der Waals surface area contributed by atoms with Crippen molar-refractivity contribution in [3.63, 3.8) is 0 Å². The molecule has 0 bridgehead atoms. The number of rotatable bonds is 4. The van der Waals surface area contributed by atoms with Crippen molar-refractivity contribution in [2.45, 2.75) is 80.6 Å². The van der Waals surface area contributed by atoms with E-state index in [4.69, 9.17) is 31.6 Å². The van der Waals surface area contributed by atoms with Crippen LogP contribution >= 0.6 is 0 Å². The van der Waals surface area contributed by atoms with E-state index in [1.807, 2.05) is 51.1 Å². The first-order valence-electron chi connectivity index (χ1n) is 15.4. The molecule has 0 aliphatic heterocycles.